The molecule has 1 amide bonds. The maximum Gasteiger partial charge on any atom is 0.241 e. The van der Waals surface area contributed by atoms with E-state index in [-0.39, 0.29) is 18.6 Å². The molecule has 1 aliphatic carbocycles. The summed E-state index contributed by atoms with van der Waals surface area (Å²) in [4.78, 5) is 14.6. The molecular formula is C16H25N3O2. The Labute approximate surface area is 126 Å². The smallest absolute Gasteiger partial charge is 0.241 e. The number of carbonyl (C=O) groups excluding carboxylic acids is 1. The van der Waals surface area contributed by atoms with Crippen LogP contribution < -0.4 is 11.1 Å². The second-order valence-corrected chi connectivity index (χ2v) is 5.65. The molecule has 0 radical (unpaired) electrons. The third-order valence-corrected chi connectivity index (χ3v) is 4.25. The fraction of sp³-hybridized carbons (Fsp3) is 0.562. The molecule has 2 rings (SSSR count). The van der Waals surface area contributed by atoms with Gasteiger partial charge in [0.05, 0.1) is 24.0 Å². The van der Waals surface area contributed by atoms with Crippen LogP contribution in [0.4, 0.5) is 11.4 Å². The van der Waals surface area contributed by atoms with Crippen LogP contribution in [-0.4, -0.2) is 41.1 Å². The van der Waals surface area contributed by atoms with Crippen molar-refractivity contribution in [3.05, 3.63) is 24.3 Å². The van der Waals surface area contributed by atoms with Gasteiger partial charge in [-0.3, -0.25) is 9.69 Å². The summed E-state index contributed by atoms with van der Waals surface area (Å²) >= 11 is 0. The topological polar surface area (TPSA) is 78.6 Å². The summed E-state index contributed by atoms with van der Waals surface area (Å²) in [5.41, 5.74) is 7.06. The molecular weight excluding hydrogens is 266 g/mol. The first-order chi connectivity index (χ1) is 10.1. The largest absolute Gasteiger partial charge is 0.397 e. The van der Waals surface area contributed by atoms with Gasteiger partial charge in [0.1, 0.15) is 0 Å². The van der Waals surface area contributed by atoms with Crippen LogP contribution in [-0.2, 0) is 4.79 Å². The van der Waals surface area contributed by atoms with Gasteiger partial charge in [0.15, 0.2) is 0 Å². The molecule has 0 heterocycles. The zero-order valence-corrected chi connectivity index (χ0v) is 12.6. The molecule has 0 aliphatic heterocycles. The lowest BCUT2D eigenvalue weighted by molar-refractivity contribution is -0.121. The number of nitrogens with two attached hydrogens (primary N) is 1. The molecule has 1 aliphatic rings. The highest BCUT2D eigenvalue weighted by atomic mass is 16.3. The van der Waals surface area contributed by atoms with Crippen LogP contribution in [0.2, 0.25) is 0 Å². The summed E-state index contributed by atoms with van der Waals surface area (Å²) in [6, 6.07) is 7.37. The second-order valence-electron chi connectivity index (χ2n) is 5.65. The van der Waals surface area contributed by atoms with Crippen molar-refractivity contribution in [1.29, 1.82) is 0 Å². The zero-order chi connectivity index (χ0) is 15.2. The molecule has 116 valence electrons. The van der Waals surface area contributed by atoms with Crippen molar-refractivity contribution in [1.82, 2.24) is 4.90 Å². The number of amides is 1. The van der Waals surface area contributed by atoms with Crippen LogP contribution in [0.1, 0.15) is 32.6 Å². The van der Waals surface area contributed by atoms with Crippen LogP contribution in [0.3, 0.4) is 0 Å². The van der Waals surface area contributed by atoms with Crippen LogP contribution >= 0.6 is 0 Å². The summed E-state index contributed by atoms with van der Waals surface area (Å²) in [6.45, 7) is 2.49. The number of hydrogen-bond donors (Lipinski definition) is 3. The molecule has 0 saturated heterocycles. The number of nitrogens with one attached hydrogen (secondary N) is 1. The molecule has 0 aromatic heterocycles. The first-order valence-electron chi connectivity index (χ1n) is 7.65. The highest BCUT2D eigenvalue weighted by Crippen LogP contribution is 2.25. The molecule has 1 aromatic rings. The van der Waals surface area contributed by atoms with Crippen LogP contribution in [0, 0.1) is 0 Å². The van der Waals surface area contributed by atoms with Crippen molar-refractivity contribution in [2.75, 3.05) is 24.2 Å². The Morgan fingerprint density at radius 2 is 2.10 bits per heavy atom. The van der Waals surface area contributed by atoms with Crippen molar-refractivity contribution in [3.63, 3.8) is 0 Å². The van der Waals surface area contributed by atoms with E-state index in [2.05, 4.69) is 10.2 Å². The molecule has 1 aromatic carbocycles. The maximum absolute atomic E-state index is 12.4. The summed E-state index contributed by atoms with van der Waals surface area (Å²) in [7, 11) is 0. The average molecular weight is 291 g/mol. The van der Waals surface area contributed by atoms with Crippen LogP contribution in [0.5, 0.6) is 0 Å². The van der Waals surface area contributed by atoms with Crippen molar-refractivity contribution in [2.45, 2.75) is 44.7 Å². The SMILES string of the molecule is CC(C(=O)Nc1ccccc1N)N(CCO)C1CCCC1. The highest BCUT2D eigenvalue weighted by molar-refractivity contribution is 5.97. The minimum atomic E-state index is -0.278. The highest BCUT2D eigenvalue weighted by Gasteiger charge is 2.29. The van der Waals surface area contributed by atoms with Gasteiger partial charge in [-0.05, 0) is 31.9 Å². The third kappa shape index (κ3) is 3.95. The number of rotatable bonds is 6. The van der Waals surface area contributed by atoms with E-state index < -0.39 is 0 Å². The van der Waals surface area contributed by atoms with E-state index in [1.807, 2.05) is 19.1 Å². The zero-order valence-electron chi connectivity index (χ0n) is 12.6. The van der Waals surface area contributed by atoms with Gasteiger partial charge in [0, 0.05) is 12.6 Å². The molecule has 4 N–H and O–H groups in total. The Kier molecular flexibility index (Phi) is 5.59. The monoisotopic (exact) mass is 291 g/mol. The van der Waals surface area contributed by atoms with Crippen LogP contribution in [0.15, 0.2) is 24.3 Å². The predicted molar refractivity (Wildman–Crippen MR) is 85.0 cm³/mol. The first-order valence-corrected chi connectivity index (χ1v) is 7.65. The fourth-order valence-corrected chi connectivity index (χ4v) is 3.04. The average Bonchev–Trinajstić information content (AvgIpc) is 3.00. The van der Waals surface area contributed by atoms with Gasteiger partial charge < -0.3 is 16.2 Å². The number of aliphatic hydroxyl groups excluding tert-OH is 1. The Hall–Kier alpha value is -1.59. The molecule has 5 heteroatoms. The number of carbonyl (C=O) groups is 1. The minimum absolute atomic E-state index is 0.0710. The van der Waals surface area contributed by atoms with E-state index >= 15 is 0 Å². The van der Waals surface area contributed by atoms with E-state index in [0.717, 1.165) is 12.8 Å². The van der Waals surface area contributed by atoms with Gasteiger partial charge in [-0.25, -0.2) is 0 Å². The first kappa shape index (κ1) is 15.8. The van der Waals surface area contributed by atoms with Crippen molar-refractivity contribution in [3.8, 4) is 0 Å². The Balaban J connectivity index is 2.03. The molecule has 0 bridgehead atoms. The van der Waals surface area contributed by atoms with Crippen molar-refractivity contribution in [2.24, 2.45) is 0 Å². The minimum Gasteiger partial charge on any atom is -0.397 e. The van der Waals surface area contributed by atoms with Gasteiger partial charge in [0.25, 0.3) is 0 Å². The number of para-hydroxylation sites is 2. The lowest BCUT2D eigenvalue weighted by atomic mass is 10.1. The Morgan fingerprint density at radius 3 is 2.71 bits per heavy atom. The quantitative estimate of drug-likeness (QED) is 0.699. The summed E-state index contributed by atoms with van der Waals surface area (Å²) in [6.07, 6.45) is 4.61. The van der Waals surface area contributed by atoms with Crippen molar-refractivity contribution >= 4 is 17.3 Å². The molecule has 1 atom stereocenters. The van der Waals surface area contributed by atoms with Gasteiger partial charge in [-0.15, -0.1) is 0 Å². The molecule has 5 nitrogen and oxygen atoms in total. The normalized spacial score (nSPS) is 17.1. The molecule has 1 fully saturated rings. The second kappa shape index (κ2) is 7.43. The lowest BCUT2D eigenvalue weighted by Gasteiger charge is -2.33. The molecule has 21 heavy (non-hydrogen) atoms. The number of nitrogen functional groups attached to an aromatic ring is 1. The van der Waals surface area contributed by atoms with Gasteiger partial charge in [-0.2, -0.15) is 0 Å². The van der Waals surface area contributed by atoms with E-state index in [1.54, 1.807) is 12.1 Å². The standard InChI is InChI=1S/C16H25N3O2/c1-12(19(10-11-20)13-6-2-3-7-13)16(21)18-15-9-5-4-8-14(15)17/h4-5,8-9,12-13,20H,2-3,6-7,10-11,17H2,1H3,(H,18,21). The number of aliphatic hydroxyl groups is 1. The van der Waals surface area contributed by atoms with E-state index in [9.17, 15) is 9.90 Å². The Morgan fingerprint density at radius 1 is 1.43 bits per heavy atom. The lowest BCUT2D eigenvalue weighted by Crippen LogP contribution is -2.48. The number of hydrogen-bond acceptors (Lipinski definition) is 4. The van der Waals surface area contributed by atoms with Gasteiger partial charge in [0.2, 0.25) is 5.91 Å². The van der Waals surface area contributed by atoms with E-state index in [4.69, 9.17) is 5.73 Å². The molecule has 0 spiro atoms. The van der Waals surface area contributed by atoms with Crippen molar-refractivity contribution < 1.29 is 9.90 Å². The summed E-state index contributed by atoms with van der Waals surface area (Å²) in [5.74, 6) is -0.0757. The summed E-state index contributed by atoms with van der Waals surface area (Å²) in [5, 5.41) is 12.2. The van der Waals surface area contributed by atoms with Gasteiger partial charge >= 0.3 is 0 Å². The van der Waals surface area contributed by atoms with E-state index in [0.29, 0.717) is 24.0 Å². The number of benzene rings is 1. The summed E-state index contributed by atoms with van der Waals surface area (Å²) < 4.78 is 0. The number of nitrogens with zero attached hydrogens (tertiary/aromatic N) is 1. The molecule has 1 saturated carbocycles. The molecule has 1 unspecified atom stereocenters. The Bertz CT molecular complexity index is 472. The predicted octanol–water partition coefficient (Wildman–Crippen LogP) is 1.83. The number of anilines is 2. The maximum atomic E-state index is 12.4. The van der Waals surface area contributed by atoms with E-state index in [1.165, 1.54) is 12.8 Å². The van der Waals surface area contributed by atoms with Crippen LogP contribution in [0.25, 0.3) is 0 Å². The fourth-order valence-electron chi connectivity index (χ4n) is 3.04. The van der Waals surface area contributed by atoms with Gasteiger partial charge in [-0.1, -0.05) is 25.0 Å². The third-order valence-electron chi connectivity index (χ3n) is 4.25.